The largest absolute Gasteiger partial charge is 0.481 e. The monoisotopic (exact) mass is 294 g/mol. The molecule has 2 unspecified atom stereocenters. The van der Waals surface area contributed by atoms with Crippen molar-refractivity contribution < 1.29 is 19.6 Å². The van der Waals surface area contributed by atoms with Gasteiger partial charge in [-0.3, -0.25) is 14.9 Å². The van der Waals surface area contributed by atoms with Gasteiger partial charge in [0.05, 0.1) is 24.2 Å². The van der Waals surface area contributed by atoms with Gasteiger partial charge in [-0.15, -0.1) is 0 Å². The van der Waals surface area contributed by atoms with Gasteiger partial charge in [0.15, 0.2) is 0 Å². The summed E-state index contributed by atoms with van der Waals surface area (Å²) in [6.07, 6.45) is 0. The number of hydrogen-bond acceptors (Lipinski definition) is 5. The molecule has 7 nitrogen and oxygen atoms in total. The molecule has 0 radical (unpaired) electrons. The number of rotatable bonds is 5. The van der Waals surface area contributed by atoms with Gasteiger partial charge in [-0.2, -0.15) is 0 Å². The van der Waals surface area contributed by atoms with Crippen LogP contribution in [0.3, 0.4) is 0 Å². The molecule has 0 amide bonds. The molecule has 0 saturated carbocycles. The molecule has 7 heteroatoms. The lowest BCUT2D eigenvalue weighted by molar-refractivity contribution is -0.385. The lowest BCUT2D eigenvalue weighted by Crippen LogP contribution is -2.43. The Morgan fingerprint density at radius 1 is 1.52 bits per heavy atom. The first-order chi connectivity index (χ1) is 9.95. The van der Waals surface area contributed by atoms with Crippen LogP contribution in [0.15, 0.2) is 18.2 Å². The number of ether oxygens (including phenoxy) is 1. The fourth-order valence-corrected chi connectivity index (χ4v) is 2.72. The van der Waals surface area contributed by atoms with E-state index in [2.05, 4.69) is 0 Å². The lowest BCUT2D eigenvalue weighted by atomic mass is 10.0. The lowest BCUT2D eigenvalue weighted by Gasteiger charge is -2.31. The van der Waals surface area contributed by atoms with E-state index in [1.807, 2.05) is 11.8 Å². The normalized spacial score (nSPS) is 21.2. The number of carboxylic acids is 1. The van der Waals surface area contributed by atoms with E-state index in [1.54, 1.807) is 19.1 Å². The van der Waals surface area contributed by atoms with Crippen LogP contribution in [0.5, 0.6) is 0 Å². The minimum absolute atomic E-state index is 0.0623. The molecule has 0 aromatic heterocycles. The minimum Gasteiger partial charge on any atom is -0.481 e. The molecule has 0 bridgehead atoms. The van der Waals surface area contributed by atoms with Gasteiger partial charge in [0.2, 0.25) is 0 Å². The number of hydrogen-bond donors (Lipinski definition) is 1. The van der Waals surface area contributed by atoms with Crippen molar-refractivity contribution in [3.63, 3.8) is 0 Å². The van der Waals surface area contributed by atoms with E-state index in [0.717, 1.165) is 5.69 Å². The average Bonchev–Trinajstić information content (AvgIpc) is 2.88. The van der Waals surface area contributed by atoms with E-state index in [1.165, 1.54) is 6.07 Å². The second-order valence-electron chi connectivity index (χ2n) is 5.06. The van der Waals surface area contributed by atoms with Gasteiger partial charge in [-0.25, -0.2) is 0 Å². The summed E-state index contributed by atoms with van der Waals surface area (Å²) in [5, 5.41) is 20.1. The molecule has 2 rings (SSSR count). The van der Waals surface area contributed by atoms with E-state index in [-0.39, 0.29) is 18.3 Å². The Labute approximate surface area is 122 Å². The Morgan fingerprint density at radius 3 is 2.76 bits per heavy atom. The Balaban J connectivity index is 2.31. The van der Waals surface area contributed by atoms with Gasteiger partial charge in [0, 0.05) is 23.9 Å². The van der Waals surface area contributed by atoms with Crippen LogP contribution in [0.2, 0.25) is 0 Å². The maximum Gasteiger partial charge on any atom is 0.311 e. The predicted molar refractivity (Wildman–Crippen MR) is 76.6 cm³/mol. The van der Waals surface area contributed by atoms with Gasteiger partial charge >= 0.3 is 5.97 Å². The highest BCUT2D eigenvalue weighted by Crippen LogP contribution is 2.29. The van der Waals surface area contributed by atoms with Gasteiger partial charge in [0.1, 0.15) is 5.92 Å². The first-order valence-corrected chi connectivity index (χ1v) is 6.78. The van der Waals surface area contributed by atoms with Crippen molar-refractivity contribution in [1.29, 1.82) is 0 Å². The standard InChI is InChI=1S/C14H18N2O5/c1-3-15(13-8-21-7-11(13)14(17)18)10-4-5-12(16(19)20)9(2)6-10/h4-6,11,13H,3,7-8H2,1-2H3,(H,17,18). The number of benzene rings is 1. The zero-order chi connectivity index (χ0) is 15.6. The van der Waals surface area contributed by atoms with Crippen LogP contribution >= 0.6 is 0 Å². The Bertz CT molecular complexity index is 560. The maximum atomic E-state index is 11.3. The Kier molecular flexibility index (Phi) is 4.42. The molecule has 2 atom stereocenters. The first kappa shape index (κ1) is 15.2. The quantitative estimate of drug-likeness (QED) is 0.658. The van der Waals surface area contributed by atoms with Crippen LogP contribution in [0.4, 0.5) is 11.4 Å². The third-order valence-corrected chi connectivity index (χ3v) is 3.82. The molecular weight excluding hydrogens is 276 g/mol. The Hall–Kier alpha value is -2.15. The number of anilines is 1. The molecular formula is C14H18N2O5. The average molecular weight is 294 g/mol. The number of aryl methyl sites for hydroxylation is 1. The first-order valence-electron chi connectivity index (χ1n) is 6.78. The molecule has 0 spiro atoms. The van der Waals surface area contributed by atoms with Crippen molar-refractivity contribution in [2.24, 2.45) is 5.92 Å². The second kappa shape index (κ2) is 6.09. The second-order valence-corrected chi connectivity index (χ2v) is 5.06. The summed E-state index contributed by atoms with van der Waals surface area (Å²) < 4.78 is 5.30. The highest BCUT2D eigenvalue weighted by atomic mass is 16.6. The molecule has 1 aromatic rings. The highest BCUT2D eigenvalue weighted by Gasteiger charge is 2.37. The molecule has 21 heavy (non-hydrogen) atoms. The molecule has 1 heterocycles. The van der Waals surface area contributed by atoms with Gasteiger partial charge < -0.3 is 14.7 Å². The fourth-order valence-electron chi connectivity index (χ4n) is 2.72. The summed E-state index contributed by atoms with van der Waals surface area (Å²) >= 11 is 0. The smallest absolute Gasteiger partial charge is 0.311 e. The van der Waals surface area contributed by atoms with Gasteiger partial charge in [-0.1, -0.05) is 0 Å². The molecule has 114 valence electrons. The third-order valence-electron chi connectivity index (χ3n) is 3.82. The van der Waals surface area contributed by atoms with Crippen molar-refractivity contribution >= 4 is 17.3 Å². The summed E-state index contributed by atoms with van der Waals surface area (Å²) in [5.41, 5.74) is 1.40. The SMILES string of the molecule is CCN(c1ccc([N+](=O)[O-])c(C)c1)C1COCC1C(=O)O. The molecule has 1 aliphatic rings. The van der Waals surface area contributed by atoms with Crippen LogP contribution in [0, 0.1) is 23.0 Å². The van der Waals surface area contributed by atoms with Crippen molar-refractivity contribution in [2.75, 3.05) is 24.7 Å². The topological polar surface area (TPSA) is 92.9 Å². The van der Waals surface area contributed by atoms with Crippen molar-refractivity contribution in [3.05, 3.63) is 33.9 Å². The van der Waals surface area contributed by atoms with Gasteiger partial charge in [0.25, 0.3) is 5.69 Å². The van der Waals surface area contributed by atoms with Crippen LogP contribution in [-0.4, -0.2) is 41.8 Å². The summed E-state index contributed by atoms with van der Waals surface area (Å²) in [6.45, 7) is 4.75. The fraction of sp³-hybridized carbons (Fsp3) is 0.500. The number of nitro benzene ring substituents is 1. The summed E-state index contributed by atoms with van der Waals surface area (Å²) in [5.74, 6) is -1.46. The van der Waals surface area contributed by atoms with Crippen molar-refractivity contribution in [3.8, 4) is 0 Å². The number of nitro groups is 1. The van der Waals surface area contributed by atoms with E-state index in [0.29, 0.717) is 18.7 Å². The number of likely N-dealkylation sites (N-methyl/N-ethyl adjacent to an activating group) is 1. The molecule has 1 fully saturated rings. The number of carboxylic acid groups (broad SMARTS) is 1. The Morgan fingerprint density at radius 2 is 2.24 bits per heavy atom. The zero-order valence-corrected chi connectivity index (χ0v) is 12.0. The van der Waals surface area contributed by atoms with Crippen molar-refractivity contribution in [1.82, 2.24) is 0 Å². The summed E-state index contributed by atoms with van der Waals surface area (Å²) in [7, 11) is 0. The highest BCUT2D eigenvalue weighted by molar-refractivity contribution is 5.72. The van der Waals surface area contributed by atoms with Crippen LogP contribution < -0.4 is 4.90 Å². The number of carbonyl (C=O) groups is 1. The zero-order valence-electron chi connectivity index (χ0n) is 12.0. The minimum atomic E-state index is -0.880. The van der Waals surface area contributed by atoms with E-state index in [4.69, 9.17) is 4.74 Å². The number of aliphatic carboxylic acids is 1. The van der Waals surface area contributed by atoms with Crippen LogP contribution in [-0.2, 0) is 9.53 Å². The van der Waals surface area contributed by atoms with Gasteiger partial charge in [-0.05, 0) is 26.0 Å². The summed E-state index contributed by atoms with van der Waals surface area (Å²) in [4.78, 5) is 23.7. The van der Waals surface area contributed by atoms with Crippen LogP contribution in [0.1, 0.15) is 12.5 Å². The predicted octanol–water partition coefficient (Wildman–Crippen LogP) is 1.83. The summed E-state index contributed by atoms with van der Waals surface area (Å²) in [6, 6.07) is 4.58. The van der Waals surface area contributed by atoms with E-state index < -0.39 is 16.8 Å². The molecule has 1 aliphatic heterocycles. The van der Waals surface area contributed by atoms with Crippen molar-refractivity contribution in [2.45, 2.75) is 19.9 Å². The molecule has 1 N–H and O–H groups in total. The van der Waals surface area contributed by atoms with E-state index in [9.17, 15) is 20.0 Å². The molecule has 0 aliphatic carbocycles. The molecule has 1 aromatic carbocycles. The third kappa shape index (κ3) is 2.97. The maximum absolute atomic E-state index is 11.3. The molecule has 1 saturated heterocycles. The van der Waals surface area contributed by atoms with E-state index >= 15 is 0 Å². The number of nitrogens with zero attached hydrogens (tertiary/aromatic N) is 2. The van der Waals surface area contributed by atoms with Crippen LogP contribution in [0.25, 0.3) is 0 Å².